The fourth-order valence-corrected chi connectivity index (χ4v) is 2.08. The minimum atomic E-state index is -1.25. The van der Waals surface area contributed by atoms with Crippen LogP contribution < -0.4 is 9.47 Å². The summed E-state index contributed by atoms with van der Waals surface area (Å²) in [6, 6.07) is 8.59. The number of nitrogens with zero attached hydrogens (tertiary/aromatic N) is 1. The third-order valence-corrected chi connectivity index (χ3v) is 3.14. The molecule has 0 aliphatic carbocycles. The van der Waals surface area contributed by atoms with Crippen molar-refractivity contribution in [2.75, 3.05) is 14.2 Å². The number of nitro groups is 1. The van der Waals surface area contributed by atoms with Crippen molar-refractivity contribution in [1.82, 2.24) is 0 Å². The summed E-state index contributed by atoms with van der Waals surface area (Å²) in [6.45, 7) is 0. The number of hydrogen-bond donors (Lipinski definition) is 1. The van der Waals surface area contributed by atoms with Gasteiger partial charge in [-0.25, -0.2) is 4.79 Å². The molecule has 2 aromatic carbocycles. The van der Waals surface area contributed by atoms with Crippen LogP contribution in [-0.2, 0) is 0 Å². The predicted octanol–water partition coefficient (Wildman–Crippen LogP) is 2.98. The summed E-state index contributed by atoms with van der Waals surface area (Å²) in [5, 5.41) is 20.1. The first-order valence-electron chi connectivity index (χ1n) is 6.22. The van der Waals surface area contributed by atoms with E-state index in [2.05, 4.69) is 0 Å². The van der Waals surface area contributed by atoms with Crippen molar-refractivity contribution in [3.8, 4) is 22.6 Å². The van der Waals surface area contributed by atoms with E-state index in [4.69, 9.17) is 9.47 Å². The van der Waals surface area contributed by atoms with Gasteiger partial charge in [-0.05, 0) is 18.2 Å². The van der Waals surface area contributed by atoms with E-state index < -0.39 is 10.9 Å². The number of carboxylic acids is 1. The molecule has 0 fully saturated rings. The lowest BCUT2D eigenvalue weighted by atomic mass is 9.98. The molecular weight excluding hydrogens is 290 g/mol. The highest BCUT2D eigenvalue weighted by molar-refractivity contribution is 5.97. The van der Waals surface area contributed by atoms with Gasteiger partial charge in [0.2, 0.25) is 0 Å². The van der Waals surface area contributed by atoms with E-state index in [0.717, 1.165) is 6.07 Å². The molecule has 0 radical (unpaired) electrons. The monoisotopic (exact) mass is 303 g/mol. The van der Waals surface area contributed by atoms with Gasteiger partial charge in [-0.1, -0.05) is 0 Å². The Morgan fingerprint density at radius 1 is 1.09 bits per heavy atom. The average Bonchev–Trinajstić information content (AvgIpc) is 2.53. The van der Waals surface area contributed by atoms with Crippen LogP contribution in [0, 0.1) is 10.1 Å². The van der Waals surface area contributed by atoms with Crippen molar-refractivity contribution < 1.29 is 24.3 Å². The summed E-state index contributed by atoms with van der Waals surface area (Å²) < 4.78 is 10.3. The number of hydrogen-bond acceptors (Lipinski definition) is 5. The van der Waals surface area contributed by atoms with Gasteiger partial charge in [0.15, 0.2) is 0 Å². The minimum absolute atomic E-state index is 0.169. The number of ether oxygens (including phenoxy) is 2. The zero-order valence-corrected chi connectivity index (χ0v) is 11.9. The van der Waals surface area contributed by atoms with Gasteiger partial charge in [-0.2, -0.15) is 0 Å². The van der Waals surface area contributed by atoms with Crippen LogP contribution >= 0.6 is 0 Å². The Bertz CT molecular complexity index is 741. The summed E-state index contributed by atoms with van der Waals surface area (Å²) in [5.74, 6) is -0.285. The second-order valence-electron chi connectivity index (χ2n) is 4.36. The second kappa shape index (κ2) is 6.13. The van der Waals surface area contributed by atoms with Gasteiger partial charge in [-0.3, -0.25) is 10.1 Å². The summed E-state index contributed by atoms with van der Waals surface area (Å²) in [7, 11) is 2.95. The first kappa shape index (κ1) is 15.3. The van der Waals surface area contributed by atoms with E-state index in [-0.39, 0.29) is 11.3 Å². The molecule has 2 aromatic rings. The Kier molecular flexibility index (Phi) is 4.26. The van der Waals surface area contributed by atoms with Gasteiger partial charge in [0, 0.05) is 29.3 Å². The molecule has 0 bridgehead atoms. The van der Waals surface area contributed by atoms with Gasteiger partial charge >= 0.3 is 5.97 Å². The topological polar surface area (TPSA) is 98.9 Å². The van der Waals surface area contributed by atoms with E-state index in [1.165, 1.54) is 26.4 Å². The Labute approximate surface area is 125 Å². The zero-order valence-electron chi connectivity index (χ0n) is 11.9. The highest BCUT2D eigenvalue weighted by Crippen LogP contribution is 2.36. The molecule has 22 heavy (non-hydrogen) atoms. The van der Waals surface area contributed by atoms with Crippen LogP contribution in [0.25, 0.3) is 11.1 Å². The smallest absolute Gasteiger partial charge is 0.336 e. The molecule has 0 aliphatic heterocycles. The summed E-state index contributed by atoms with van der Waals surface area (Å²) in [6.07, 6.45) is 0. The molecule has 0 unspecified atom stereocenters. The average molecular weight is 303 g/mol. The van der Waals surface area contributed by atoms with E-state index in [9.17, 15) is 20.0 Å². The van der Waals surface area contributed by atoms with Crippen molar-refractivity contribution in [3.05, 3.63) is 52.1 Å². The Balaban J connectivity index is 2.66. The molecular formula is C15H13NO6. The fraction of sp³-hybridized carbons (Fsp3) is 0.133. The van der Waals surface area contributed by atoms with Crippen LogP contribution in [0.1, 0.15) is 10.4 Å². The number of rotatable bonds is 5. The lowest BCUT2D eigenvalue weighted by molar-refractivity contribution is -0.384. The van der Waals surface area contributed by atoms with E-state index in [0.29, 0.717) is 22.6 Å². The number of nitro benzene ring substituents is 1. The molecule has 0 amide bonds. The molecule has 0 aromatic heterocycles. The third kappa shape index (κ3) is 2.83. The maximum Gasteiger partial charge on any atom is 0.336 e. The number of methoxy groups -OCH3 is 2. The van der Waals surface area contributed by atoms with Crippen LogP contribution in [0.2, 0.25) is 0 Å². The molecule has 114 valence electrons. The SMILES string of the molecule is COc1ccc(-c2ccc([N+](=O)[O-])cc2C(=O)O)c(OC)c1. The maximum atomic E-state index is 11.4. The van der Waals surface area contributed by atoms with Crippen LogP contribution in [0.3, 0.4) is 0 Å². The summed E-state index contributed by atoms with van der Waals surface area (Å²) in [5.41, 5.74) is 0.388. The molecule has 0 spiro atoms. The number of aromatic carboxylic acids is 1. The Morgan fingerprint density at radius 3 is 2.32 bits per heavy atom. The van der Waals surface area contributed by atoms with Crippen molar-refractivity contribution >= 4 is 11.7 Å². The highest BCUT2D eigenvalue weighted by atomic mass is 16.6. The maximum absolute atomic E-state index is 11.4. The highest BCUT2D eigenvalue weighted by Gasteiger charge is 2.19. The molecule has 0 atom stereocenters. The van der Waals surface area contributed by atoms with Crippen LogP contribution in [0.5, 0.6) is 11.5 Å². The Morgan fingerprint density at radius 2 is 1.77 bits per heavy atom. The quantitative estimate of drug-likeness (QED) is 0.673. The lowest BCUT2D eigenvalue weighted by Gasteiger charge is -2.12. The summed E-state index contributed by atoms with van der Waals surface area (Å²) >= 11 is 0. The normalized spacial score (nSPS) is 10.1. The first-order chi connectivity index (χ1) is 10.5. The van der Waals surface area contributed by atoms with E-state index in [1.807, 2.05) is 0 Å². The molecule has 0 heterocycles. The van der Waals surface area contributed by atoms with Crippen LogP contribution in [0.15, 0.2) is 36.4 Å². The van der Waals surface area contributed by atoms with Gasteiger partial charge in [0.05, 0.1) is 24.7 Å². The minimum Gasteiger partial charge on any atom is -0.497 e. The van der Waals surface area contributed by atoms with Crippen molar-refractivity contribution in [1.29, 1.82) is 0 Å². The number of benzene rings is 2. The van der Waals surface area contributed by atoms with E-state index >= 15 is 0 Å². The molecule has 1 N–H and O–H groups in total. The van der Waals surface area contributed by atoms with Crippen LogP contribution in [-0.4, -0.2) is 30.2 Å². The Hall–Kier alpha value is -3.09. The predicted molar refractivity (Wildman–Crippen MR) is 78.6 cm³/mol. The third-order valence-electron chi connectivity index (χ3n) is 3.14. The summed E-state index contributed by atoms with van der Waals surface area (Å²) in [4.78, 5) is 21.6. The molecule has 0 saturated heterocycles. The largest absolute Gasteiger partial charge is 0.497 e. The fourth-order valence-electron chi connectivity index (χ4n) is 2.08. The zero-order chi connectivity index (χ0) is 16.3. The van der Waals surface area contributed by atoms with Gasteiger partial charge in [0.25, 0.3) is 5.69 Å². The molecule has 7 nitrogen and oxygen atoms in total. The van der Waals surface area contributed by atoms with Gasteiger partial charge in [-0.15, -0.1) is 0 Å². The van der Waals surface area contributed by atoms with Crippen molar-refractivity contribution in [2.24, 2.45) is 0 Å². The van der Waals surface area contributed by atoms with Gasteiger partial charge < -0.3 is 14.6 Å². The van der Waals surface area contributed by atoms with Gasteiger partial charge in [0.1, 0.15) is 11.5 Å². The standard InChI is InChI=1S/C15H13NO6/c1-21-10-4-6-12(14(8-10)22-2)11-5-3-9(16(19)20)7-13(11)15(17)18/h3-8H,1-2H3,(H,17,18). The lowest BCUT2D eigenvalue weighted by Crippen LogP contribution is -2.02. The number of carboxylic acid groups (broad SMARTS) is 1. The van der Waals surface area contributed by atoms with Crippen molar-refractivity contribution in [2.45, 2.75) is 0 Å². The molecule has 0 saturated carbocycles. The number of carbonyl (C=O) groups is 1. The second-order valence-corrected chi connectivity index (χ2v) is 4.36. The molecule has 7 heteroatoms. The number of non-ortho nitro benzene ring substituents is 1. The molecule has 2 rings (SSSR count). The van der Waals surface area contributed by atoms with E-state index in [1.54, 1.807) is 18.2 Å². The first-order valence-corrected chi connectivity index (χ1v) is 6.22. The van der Waals surface area contributed by atoms with Crippen molar-refractivity contribution in [3.63, 3.8) is 0 Å². The molecule has 0 aliphatic rings. The van der Waals surface area contributed by atoms with Crippen LogP contribution in [0.4, 0.5) is 5.69 Å².